The van der Waals surface area contributed by atoms with Crippen molar-refractivity contribution >= 4 is 11.5 Å². The van der Waals surface area contributed by atoms with E-state index in [0.717, 1.165) is 25.7 Å². The molecule has 0 radical (unpaired) electrons. The fourth-order valence-electron chi connectivity index (χ4n) is 1.82. The van der Waals surface area contributed by atoms with Gasteiger partial charge in [-0.3, -0.25) is 4.79 Å². The van der Waals surface area contributed by atoms with Gasteiger partial charge in [0.15, 0.2) is 0 Å². The van der Waals surface area contributed by atoms with Gasteiger partial charge in [-0.05, 0) is 42.1 Å². The molecule has 0 aliphatic heterocycles. The Labute approximate surface area is 109 Å². The van der Waals surface area contributed by atoms with E-state index in [4.69, 9.17) is 0 Å². The van der Waals surface area contributed by atoms with Crippen LogP contribution in [-0.4, -0.2) is 5.78 Å². The lowest BCUT2D eigenvalue weighted by molar-refractivity contribution is -0.122. The summed E-state index contributed by atoms with van der Waals surface area (Å²) >= 11 is 0. The summed E-state index contributed by atoms with van der Waals surface area (Å²) in [5, 5.41) is 2.87. The molecule has 0 heterocycles. The lowest BCUT2D eigenvalue weighted by atomic mass is 10.0. The molecule has 3 heteroatoms. The summed E-state index contributed by atoms with van der Waals surface area (Å²) in [6, 6.07) is 7.36. The number of rotatable bonds is 8. The van der Waals surface area contributed by atoms with Crippen molar-refractivity contribution in [2.45, 2.75) is 46.0 Å². The van der Waals surface area contributed by atoms with E-state index in [0.29, 0.717) is 17.9 Å². The molecule has 0 saturated heterocycles. The molecular weight excluding hydrogens is 226 g/mol. The number of hydrogen-bond acceptors (Lipinski definition) is 3. The quantitative estimate of drug-likeness (QED) is 0.504. The first-order valence-electron chi connectivity index (χ1n) is 6.58. The Kier molecular flexibility index (Phi) is 6.26. The van der Waals surface area contributed by atoms with E-state index >= 15 is 0 Å². The molecule has 0 amide bonds. The van der Waals surface area contributed by atoms with Gasteiger partial charge in [0.25, 0.3) is 0 Å². The molecule has 1 rings (SSSR count). The van der Waals surface area contributed by atoms with Crippen molar-refractivity contribution in [3.05, 3.63) is 34.7 Å². The van der Waals surface area contributed by atoms with Gasteiger partial charge in [0.2, 0.25) is 0 Å². The molecule has 3 nitrogen and oxygen atoms in total. The summed E-state index contributed by atoms with van der Waals surface area (Å²) in [5.41, 5.74) is 1.69. The predicted octanol–water partition coefficient (Wildman–Crippen LogP) is 4.41. The summed E-state index contributed by atoms with van der Waals surface area (Å²) in [4.78, 5) is 21.7. The third-order valence-corrected chi connectivity index (χ3v) is 3.07. The van der Waals surface area contributed by atoms with Crippen LogP contribution in [0.4, 0.5) is 5.69 Å². The van der Waals surface area contributed by atoms with Crippen molar-refractivity contribution in [3.63, 3.8) is 0 Å². The van der Waals surface area contributed by atoms with Crippen LogP contribution in [0.15, 0.2) is 29.4 Å². The average Bonchev–Trinajstić information content (AvgIpc) is 2.38. The molecule has 0 aliphatic rings. The van der Waals surface area contributed by atoms with Crippen LogP contribution in [0.25, 0.3) is 0 Å². The summed E-state index contributed by atoms with van der Waals surface area (Å²) in [5.74, 6) is 0.518. The molecule has 0 atom stereocenters. The number of nitroso groups, excluding NO2 is 1. The highest BCUT2D eigenvalue weighted by molar-refractivity contribution is 5.80. The third-order valence-electron chi connectivity index (χ3n) is 3.07. The summed E-state index contributed by atoms with van der Waals surface area (Å²) in [7, 11) is 0. The first-order chi connectivity index (χ1) is 8.63. The fraction of sp³-hybridized carbons (Fsp3) is 0.533. The van der Waals surface area contributed by atoms with Crippen LogP contribution < -0.4 is 0 Å². The minimum Gasteiger partial charge on any atom is -0.299 e. The average molecular weight is 247 g/mol. The number of carbonyl (C=O) groups excluding carboxylic acids is 1. The molecule has 1 aromatic carbocycles. The first-order valence-corrected chi connectivity index (χ1v) is 6.58. The molecule has 98 valence electrons. The van der Waals surface area contributed by atoms with Crippen molar-refractivity contribution in [3.8, 4) is 0 Å². The highest BCUT2D eigenvalue weighted by Gasteiger charge is 2.05. The highest BCUT2D eigenvalue weighted by atomic mass is 16.3. The number of benzene rings is 1. The Morgan fingerprint density at radius 2 is 1.78 bits per heavy atom. The van der Waals surface area contributed by atoms with E-state index in [1.807, 2.05) is 26.0 Å². The number of unbranched alkanes of at least 4 members (excludes halogenated alkanes) is 2. The van der Waals surface area contributed by atoms with Crippen LogP contribution in [0.1, 0.15) is 45.1 Å². The molecule has 1 aromatic rings. The zero-order valence-electron chi connectivity index (χ0n) is 11.2. The Morgan fingerprint density at radius 1 is 1.11 bits per heavy atom. The van der Waals surface area contributed by atoms with E-state index in [-0.39, 0.29) is 5.92 Å². The van der Waals surface area contributed by atoms with Gasteiger partial charge < -0.3 is 0 Å². The van der Waals surface area contributed by atoms with E-state index in [2.05, 4.69) is 5.18 Å². The predicted molar refractivity (Wildman–Crippen MR) is 73.9 cm³/mol. The van der Waals surface area contributed by atoms with Crippen LogP contribution in [-0.2, 0) is 11.2 Å². The normalized spacial score (nSPS) is 10.6. The van der Waals surface area contributed by atoms with Gasteiger partial charge in [0, 0.05) is 12.3 Å². The Balaban J connectivity index is 2.17. The SMILES string of the molecule is CC(C)C(=O)CCCCCc1ccc(N=O)cc1. The molecule has 0 aliphatic carbocycles. The second-order valence-electron chi connectivity index (χ2n) is 4.94. The number of carbonyl (C=O) groups is 1. The lowest BCUT2D eigenvalue weighted by Gasteiger charge is -2.04. The minimum atomic E-state index is 0.161. The summed E-state index contributed by atoms with van der Waals surface area (Å²) in [6.45, 7) is 3.90. The van der Waals surface area contributed by atoms with Crippen LogP contribution in [0.3, 0.4) is 0 Å². The Hall–Kier alpha value is -1.51. The van der Waals surface area contributed by atoms with E-state index in [1.54, 1.807) is 12.1 Å². The molecule has 0 spiro atoms. The van der Waals surface area contributed by atoms with Gasteiger partial charge in [-0.15, -0.1) is 4.91 Å². The van der Waals surface area contributed by atoms with Gasteiger partial charge in [-0.25, -0.2) is 0 Å². The maximum absolute atomic E-state index is 11.4. The molecule has 0 unspecified atom stereocenters. The zero-order chi connectivity index (χ0) is 13.4. The van der Waals surface area contributed by atoms with Gasteiger partial charge in [-0.1, -0.05) is 32.4 Å². The molecule has 0 fully saturated rings. The topological polar surface area (TPSA) is 46.5 Å². The zero-order valence-corrected chi connectivity index (χ0v) is 11.2. The fourth-order valence-corrected chi connectivity index (χ4v) is 1.82. The number of nitrogens with zero attached hydrogens (tertiary/aromatic N) is 1. The van der Waals surface area contributed by atoms with Crippen LogP contribution >= 0.6 is 0 Å². The summed E-state index contributed by atoms with van der Waals surface area (Å²) in [6.07, 6.45) is 4.83. The van der Waals surface area contributed by atoms with Gasteiger partial charge in [0.1, 0.15) is 11.5 Å². The van der Waals surface area contributed by atoms with E-state index < -0.39 is 0 Å². The Morgan fingerprint density at radius 3 is 2.33 bits per heavy atom. The van der Waals surface area contributed by atoms with Crippen molar-refractivity contribution in [1.82, 2.24) is 0 Å². The van der Waals surface area contributed by atoms with Crippen molar-refractivity contribution in [2.75, 3.05) is 0 Å². The van der Waals surface area contributed by atoms with E-state index in [9.17, 15) is 9.70 Å². The molecule has 18 heavy (non-hydrogen) atoms. The van der Waals surface area contributed by atoms with Crippen LogP contribution in [0, 0.1) is 10.8 Å². The number of aryl methyl sites for hydroxylation is 1. The van der Waals surface area contributed by atoms with E-state index in [1.165, 1.54) is 5.56 Å². The maximum atomic E-state index is 11.4. The highest BCUT2D eigenvalue weighted by Crippen LogP contribution is 2.15. The standard InChI is InChI=1S/C15H21NO2/c1-12(2)15(17)7-5-3-4-6-13-8-10-14(16-18)11-9-13/h8-12H,3-7H2,1-2H3. The third kappa shape index (κ3) is 5.21. The second kappa shape index (κ2) is 7.75. The monoisotopic (exact) mass is 247 g/mol. The summed E-state index contributed by atoms with van der Waals surface area (Å²) < 4.78 is 0. The molecule has 0 aromatic heterocycles. The van der Waals surface area contributed by atoms with Crippen molar-refractivity contribution in [1.29, 1.82) is 0 Å². The second-order valence-corrected chi connectivity index (χ2v) is 4.94. The minimum absolute atomic E-state index is 0.161. The number of hydrogen-bond donors (Lipinski definition) is 0. The van der Waals surface area contributed by atoms with Crippen molar-refractivity contribution < 1.29 is 4.79 Å². The largest absolute Gasteiger partial charge is 0.299 e. The molecular formula is C15H21NO2. The molecule has 0 bridgehead atoms. The smallest absolute Gasteiger partial charge is 0.135 e. The van der Waals surface area contributed by atoms with Crippen LogP contribution in [0.2, 0.25) is 0 Å². The van der Waals surface area contributed by atoms with Gasteiger partial charge >= 0.3 is 0 Å². The number of ketones is 1. The van der Waals surface area contributed by atoms with Gasteiger partial charge in [-0.2, -0.15) is 0 Å². The van der Waals surface area contributed by atoms with Crippen LogP contribution in [0.5, 0.6) is 0 Å². The molecule has 0 N–H and O–H groups in total. The van der Waals surface area contributed by atoms with Crippen molar-refractivity contribution in [2.24, 2.45) is 11.1 Å². The molecule has 0 saturated carbocycles. The Bertz CT molecular complexity index is 382. The number of Topliss-reactive ketones (excluding diaryl/α,β-unsaturated/α-hetero) is 1. The first kappa shape index (κ1) is 14.6. The van der Waals surface area contributed by atoms with Gasteiger partial charge in [0.05, 0.1) is 0 Å². The maximum Gasteiger partial charge on any atom is 0.135 e. The lowest BCUT2D eigenvalue weighted by Crippen LogP contribution is -2.06.